The van der Waals surface area contributed by atoms with Gasteiger partial charge in [-0.15, -0.1) is 0 Å². The first-order valence-corrected chi connectivity index (χ1v) is 7.90. The Labute approximate surface area is 107 Å². The molecule has 0 saturated carbocycles. The zero-order valence-electron chi connectivity index (χ0n) is 11.1. The molecule has 0 saturated heterocycles. The van der Waals surface area contributed by atoms with Gasteiger partial charge in [0.1, 0.15) is 0 Å². The number of rotatable bonds is 4. The lowest BCUT2D eigenvalue weighted by molar-refractivity contribution is 0.929. The quantitative estimate of drug-likeness (QED) is 0.711. The second kappa shape index (κ2) is 5.50. The molecule has 0 aliphatic heterocycles. The molecule has 2 rings (SSSR count). The summed E-state index contributed by atoms with van der Waals surface area (Å²) in [6, 6.07) is 6.96. The molecule has 0 spiro atoms. The zero-order valence-corrected chi connectivity index (χ0v) is 12.5. The maximum absolute atomic E-state index is 2.41. The Morgan fingerprint density at radius 3 is 2.35 bits per heavy atom. The van der Waals surface area contributed by atoms with E-state index in [-0.39, 0.29) is 9.52 Å². The minimum atomic E-state index is -0.273. The van der Waals surface area contributed by atoms with E-state index in [0.717, 1.165) is 0 Å². The molecule has 17 heavy (non-hydrogen) atoms. The molecule has 1 aliphatic rings. The van der Waals surface area contributed by atoms with Gasteiger partial charge in [0.2, 0.25) is 0 Å². The molecule has 89 valence electrons. The van der Waals surface area contributed by atoms with Crippen molar-refractivity contribution in [3.63, 3.8) is 0 Å². The molecule has 0 atom stereocenters. The van der Waals surface area contributed by atoms with Crippen molar-refractivity contribution in [2.24, 2.45) is 0 Å². The van der Waals surface area contributed by atoms with Crippen LogP contribution in [0.4, 0.5) is 0 Å². The minimum Gasteiger partial charge on any atom is -0.0764 e. The van der Waals surface area contributed by atoms with Crippen LogP contribution in [0.1, 0.15) is 30.9 Å². The summed E-state index contributed by atoms with van der Waals surface area (Å²) in [6.45, 7) is 6.63. The summed E-state index contributed by atoms with van der Waals surface area (Å²) < 4.78 is 0. The molecule has 0 nitrogen and oxygen atoms in total. The predicted octanol–water partition coefficient (Wildman–Crippen LogP) is 2.93. The fourth-order valence-corrected chi connectivity index (χ4v) is 4.43. The number of hydrogen-bond acceptors (Lipinski definition) is 0. The van der Waals surface area contributed by atoms with Crippen molar-refractivity contribution in [1.82, 2.24) is 0 Å². The Bertz CT molecular complexity index is 434. The van der Waals surface area contributed by atoms with Crippen molar-refractivity contribution >= 4 is 14.7 Å². The number of allylic oxidation sites excluding steroid dienone is 4. The molecule has 1 aromatic rings. The summed E-state index contributed by atoms with van der Waals surface area (Å²) in [5.41, 5.74) is 5.89. The first-order valence-electron chi connectivity index (χ1n) is 6.49. The van der Waals surface area contributed by atoms with Gasteiger partial charge in [-0.2, -0.15) is 0 Å². The van der Waals surface area contributed by atoms with Crippen LogP contribution in [0.2, 0.25) is 0 Å². The van der Waals surface area contributed by atoms with Gasteiger partial charge in [0.05, 0.1) is 9.52 Å². The van der Waals surface area contributed by atoms with Crippen LogP contribution in [0.15, 0.2) is 42.0 Å². The Balaban J connectivity index is 2.05. The lowest BCUT2D eigenvalue weighted by Crippen LogP contribution is -2.19. The molecule has 0 N–H and O–H groups in total. The van der Waals surface area contributed by atoms with Crippen molar-refractivity contribution in [3.8, 4) is 0 Å². The summed E-state index contributed by atoms with van der Waals surface area (Å²) >= 11 is 0. The molecule has 1 aromatic carbocycles. The Morgan fingerprint density at radius 2 is 1.71 bits per heavy atom. The highest BCUT2D eigenvalue weighted by molar-refractivity contribution is 6.61. The number of benzene rings is 1. The highest BCUT2D eigenvalue weighted by atomic mass is 28.2. The first-order chi connectivity index (χ1) is 8.17. The molecular formula is C16H21Si. The normalized spacial score (nSPS) is 16.1. The molecule has 0 fully saturated rings. The van der Waals surface area contributed by atoms with Crippen molar-refractivity contribution in [1.29, 1.82) is 0 Å². The Hall–Kier alpha value is -1.08. The third-order valence-corrected chi connectivity index (χ3v) is 4.78. The highest BCUT2D eigenvalue weighted by Crippen LogP contribution is 2.20. The van der Waals surface area contributed by atoms with Crippen LogP contribution in [0.3, 0.4) is 0 Å². The maximum atomic E-state index is 2.41. The second-order valence-corrected chi connectivity index (χ2v) is 7.04. The van der Waals surface area contributed by atoms with Crippen molar-refractivity contribution in [3.05, 3.63) is 58.7 Å². The second-order valence-electron chi connectivity index (χ2n) is 5.05. The van der Waals surface area contributed by atoms with Crippen LogP contribution < -0.4 is 5.19 Å². The smallest absolute Gasteiger partial charge is 0.0713 e. The third-order valence-electron chi connectivity index (χ3n) is 3.11. The SMILES string of the molecule is CCCC1=C[C]([SiH2]c2cc(C)cc(C)c2)C=C1. The van der Waals surface area contributed by atoms with E-state index in [1.807, 2.05) is 0 Å². The largest absolute Gasteiger partial charge is 0.0764 e. The van der Waals surface area contributed by atoms with E-state index in [2.05, 4.69) is 57.2 Å². The zero-order chi connectivity index (χ0) is 12.3. The van der Waals surface area contributed by atoms with Crippen LogP contribution in [0.25, 0.3) is 0 Å². The third kappa shape index (κ3) is 3.44. The van der Waals surface area contributed by atoms with Gasteiger partial charge < -0.3 is 0 Å². The van der Waals surface area contributed by atoms with E-state index in [1.54, 1.807) is 10.7 Å². The van der Waals surface area contributed by atoms with E-state index < -0.39 is 0 Å². The van der Waals surface area contributed by atoms with Crippen LogP contribution in [-0.4, -0.2) is 9.52 Å². The topological polar surface area (TPSA) is 0 Å². The minimum absolute atomic E-state index is 0.273. The number of aryl methyl sites for hydroxylation is 2. The van der Waals surface area contributed by atoms with Gasteiger partial charge in [-0.1, -0.05) is 71.7 Å². The van der Waals surface area contributed by atoms with Gasteiger partial charge in [-0.25, -0.2) is 0 Å². The van der Waals surface area contributed by atoms with Gasteiger partial charge in [-0.05, 0) is 20.3 Å². The molecule has 0 unspecified atom stereocenters. The van der Waals surface area contributed by atoms with Crippen LogP contribution in [-0.2, 0) is 0 Å². The van der Waals surface area contributed by atoms with Gasteiger partial charge in [0.15, 0.2) is 0 Å². The van der Waals surface area contributed by atoms with Crippen molar-refractivity contribution in [2.75, 3.05) is 0 Å². The summed E-state index contributed by atoms with van der Waals surface area (Å²) in [6.07, 6.45) is 9.51. The molecule has 0 bridgehead atoms. The monoisotopic (exact) mass is 241 g/mol. The fourth-order valence-electron chi connectivity index (χ4n) is 2.51. The highest BCUT2D eigenvalue weighted by Gasteiger charge is 2.11. The van der Waals surface area contributed by atoms with E-state index in [1.165, 1.54) is 29.5 Å². The summed E-state index contributed by atoms with van der Waals surface area (Å²) in [7, 11) is -0.273. The van der Waals surface area contributed by atoms with Crippen molar-refractivity contribution in [2.45, 2.75) is 33.6 Å². The predicted molar refractivity (Wildman–Crippen MR) is 79.5 cm³/mol. The molecule has 0 amide bonds. The summed E-state index contributed by atoms with van der Waals surface area (Å²) in [5.74, 6) is 0. The van der Waals surface area contributed by atoms with E-state index in [4.69, 9.17) is 0 Å². The molecule has 0 aromatic heterocycles. The molecule has 0 heterocycles. The van der Waals surface area contributed by atoms with Crippen LogP contribution in [0.5, 0.6) is 0 Å². The standard InChI is InChI=1S/C16H21Si/c1-4-5-14-6-7-15(11-14)17-16-9-12(2)8-13(3)10-16/h6-11H,4-5,17H2,1-3H3. The van der Waals surface area contributed by atoms with Gasteiger partial charge >= 0.3 is 0 Å². The molecular weight excluding hydrogens is 220 g/mol. The van der Waals surface area contributed by atoms with Crippen LogP contribution in [0, 0.1) is 19.4 Å². The van der Waals surface area contributed by atoms with Gasteiger partial charge in [0.25, 0.3) is 0 Å². The molecule has 1 radical (unpaired) electrons. The van der Waals surface area contributed by atoms with Crippen molar-refractivity contribution < 1.29 is 0 Å². The van der Waals surface area contributed by atoms with E-state index in [9.17, 15) is 0 Å². The van der Waals surface area contributed by atoms with Gasteiger partial charge in [-0.3, -0.25) is 0 Å². The molecule has 1 heteroatoms. The Morgan fingerprint density at radius 1 is 1.00 bits per heavy atom. The lowest BCUT2D eigenvalue weighted by atomic mass is 10.2. The average molecular weight is 241 g/mol. The maximum Gasteiger partial charge on any atom is 0.0713 e. The Kier molecular flexibility index (Phi) is 4.00. The number of hydrogen-bond donors (Lipinski definition) is 0. The van der Waals surface area contributed by atoms with Gasteiger partial charge in [0, 0.05) is 5.54 Å². The average Bonchev–Trinajstić information content (AvgIpc) is 2.64. The van der Waals surface area contributed by atoms with E-state index >= 15 is 0 Å². The van der Waals surface area contributed by atoms with Crippen LogP contribution >= 0.6 is 0 Å². The first kappa shape index (κ1) is 12.4. The van der Waals surface area contributed by atoms with E-state index in [0.29, 0.717) is 0 Å². The lowest BCUT2D eigenvalue weighted by Gasteiger charge is -2.07. The summed E-state index contributed by atoms with van der Waals surface area (Å²) in [4.78, 5) is 0. The fraction of sp³-hybridized carbons (Fsp3) is 0.312. The summed E-state index contributed by atoms with van der Waals surface area (Å²) in [5, 5.41) is 1.57. The molecule has 1 aliphatic carbocycles.